The van der Waals surface area contributed by atoms with E-state index in [1.807, 2.05) is 12.1 Å². The molecule has 1 nitrogen and oxygen atoms in total. The van der Waals surface area contributed by atoms with E-state index in [0.29, 0.717) is 5.92 Å². The molecule has 0 radical (unpaired) electrons. The molecule has 90 valence electrons. The molecule has 1 unspecified atom stereocenters. The summed E-state index contributed by atoms with van der Waals surface area (Å²) in [6, 6.07) is 6.10. The van der Waals surface area contributed by atoms with Crippen LogP contribution >= 0.6 is 38.5 Å². The zero-order valence-corrected chi connectivity index (χ0v) is 13.5. The highest BCUT2D eigenvalue weighted by Crippen LogP contribution is 2.31. The quantitative estimate of drug-likeness (QED) is 0.700. The van der Waals surface area contributed by atoms with E-state index in [0.717, 1.165) is 29.3 Å². The third-order valence-electron chi connectivity index (χ3n) is 3.03. The molecule has 0 amide bonds. The summed E-state index contributed by atoms with van der Waals surface area (Å²) < 4.78 is 2.17. The number of aliphatic hydroxyl groups excluding tert-OH is 1. The molecule has 0 aliphatic rings. The predicted octanol–water partition coefficient (Wildman–Crippen LogP) is 4.91. The molecular formula is C13H18BrIO. The molecule has 0 heterocycles. The van der Waals surface area contributed by atoms with Gasteiger partial charge in [-0.25, -0.2) is 0 Å². The maximum atomic E-state index is 10.2. The van der Waals surface area contributed by atoms with Crippen LogP contribution < -0.4 is 0 Å². The smallest absolute Gasteiger partial charge is 0.0804 e. The van der Waals surface area contributed by atoms with Crippen molar-refractivity contribution in [2.75, 3.05) is 0 Å². The lowest BCUT2D eigenvalue weighted by Gasteiger charge is -2.19. The summed E-state index contributed by atoms with van der Waals surface area (Å²) in [7, 11) is 0. The highest BCUT2D eigenvalue weighted by atomic mass is 127. The van der Waals surface area contributed by atoms with Crippen LogP contribution in [0, 0.1) is 9.49 Å². The second kappa shape index (κ2) is 6.97. The summed E-state index contributed by atoms with van der Waals surface area (Å²) in [4.78, 5) is 0. The third-order valence-corrected chi connectivity index (χ3v) is 4.42. The summed E-state index contributed by atoms with van der Waals surface area (Å²) in [5.74, 6) is 0.611. The average Bonchev–Trinajstić information content (AvgIpc) is 2.28. The molecule has 0 aliphatic heterocycles. The Balaban J connectivity index is 2.79. The molecule has 0 spiro atoms. The maximum absolute atomic E-state index is 10.2. The Labute approximate surface area is 120 Å². The summed E-state index contributed by atoms with van der Waals surface area (Å²) in [5, 5.41) is 10.2. The SMILES string of the molecule is CCC(CC)CC(O)c1cc(I)ccc1Br. The first kappa shape index (κ1) is 14.5. The second-order valence-corrected chi connectivity index (χ2v) is 6.20. The van der Waals surface area contributed by atoms with Crippen LogP contribution in [0.3, 0.4) is 0 Å². The van der Waals surface area contributed by atoms with E-state index in [-0.39, 0.29) is 6.10 Å². The van der Waals surface area contributed by atoms with Gasteiger partial charge in [-0.1, -0.05) is 42.6 Å². The first-order chi connectivity index (χ1) is 7.58. The Morgan fingerprint density at radius 2 is 1.94 bits per heavy atom. The Hall–Kier alpha value is 0.390. The number of benzene rings is 1. The van der Waals surface area contributed by atoms with E-state index in [1.165, 1.54) is 3.57 Å². The lowest BCUT2D eigenvalue weighted by Crippen LogP contribution is -2.06. The van der Waals surface area contributed by atoms with Crippen LogP contribution in [0.1, 0.15) is 44.8 Å². The van der Waals surface area contributed by atoms with Gasteiger partial charge in [0.05, 0.1) is 6.10 Å². The lowest BCUT2D eigenvalue weighted by atomic mass is 9.93. The molecule has 0 bridgehead atoms. The Morgan fingerprint density at radius 1 is 1.31 bits per heavy atom. The molecule has 0 saturated heterocycles. The van der Waals surface area contributed by atoms with Crippen molar-refractivity contribution in [1.82, 2.24) is 0 Å². The van der Waals surface area contributed by atoms with E-state index in [9.17, 15) is 5.11 Å². The molecule has 16 heavy (non-hydrogen) atoms. The first-order valence-corrected chi connectivity index (χ1v) is 7.58. The van der Waals surface area contributed by atoms with Gasteiger partial charge in [0.1, 0.15) is 0 Å². The van der Waals surface area contributed by atoms with E-state index >= 15 is 0 Å². The minimum atomic E-state index is -0.353. The van der Waals surface area contributed by atoms with E-state index < -0.39 is 0 Å². The molecule has 0 saturated carbocycles. The van der Waals surface area contributed by atoms with Crippen molar-refractivity contribution in [3.63, 3.8) is 0 Å². The average molecular weight is 397 g/mol. The molecule has 1 aromatic rings. The van der Waals surface area contributed by atoms with Crippen LogP contribution in [-0.4, -0.2) is 5.11 Å². The van der Waals surface area contributed by atoms with Gasteiger partial charge in [-0.2, -0.15) is 0 Å². The van der Waals surface area contributed by atoms with E-state index in [4.69, 9.17) is 0 Å². The van der Waals surface area contributed by atoms with Crippen LogP contribution in [0.5, 0.6) is 0 Å². The van der Waals surface area contributed by atoms with Crippen molar-refractivity contribution in [3.8, 4) is 0 Å². The summed E-state index contributed by atoms with van der Waals surface area (Å²) in [6.07, 6.45) is 2.77. The third kappa shape index (κ3) is 4.00. The standard InChI is InChI=1S/C13H18BrIO/c1-3-9(4-2)7-13(16)11-8-10(15)5-6-12(11)14/h5-6,8-9,13,16H,3-4,7H2,1-2H3. The largest absolute Gasteiger partial charge is 0.388 e. The van der Waals surface area contributed by atoms with Gasteiger partial charge in [0.15, 0.2) is 0 Å². The minimum absolute atomic E-state index is 0.353. The van der Waals surface area contributed by atoms with Crippen molar-refractivity contribution < 1.29 is 5.11 Å². The van der Waals surface area contributed by atoms with Crippen LogP contribution in [0.25, 0.3) is 0 Å². The number of rotatable bonds is 5. The van der Waals surface area contributed by atoms with E-state index in [1.54, 1.807) is 0 Å². The van der Waals surface area contributed by atoms with Crippen molar-refractivity contribution in [3.05, 3.63) is 31.8 Å². The molecule has 1 atom stereocenters. The number of aliphatic hydroxyl groups is 1. The normalized spacial score (nSPS) is 13.1. The van der Waals surface area contributed by atoms with Gasteiger partial charge >= 0.3 is 0 Å². The Morgan fingerprint density at radius 3 is 2.50 bits per heavy atom. The summed E-state index contributed by atoms with van der Waals surface area (Å²) in [5.41, 5.74) is 1.01. The van der Waals surface area contributed by atoms with Crippen LogP contribution in [-0.2, 0) is 0 Å². The molecule has 0 aliphatic carbocycles. The summed E-state index contributed by atoms with van der Waals surface area (Å²) in [6.45, 7) is 4.37. The van der Waals surface area contributed by atoms with Crippen molar-refractivity contribution in [2.24, 2.45) is 5.92 Å². The van der Waals surface area contributed by atoms with Gasteiger partial charge < -0.3 is 5.11 Å². The minimum Gasteiger partial charge on any atom is -0.388 e. The second-order valence-electron chi connectivity index (χ2n) is 4.10. The monoisotopic (exact) mass is 396 g/mol. The van der Waals surface area contributed by atoms with Gasteiger partial charge in [0, 0.05) is 8.04 Å². The fourth-order valence-corrected chi connectivity index (χ4v) is 2.86. The lowest BCUT2D eigenvalue weighted by molar-refractivity contribution is 0.140. The van der Waals surface area contributed by atoms with Crippen molar-refractivity contribution in [2.45, 2.75) is 39.2 Å². The maximum Gasteiger partial charge on any atom is 0.0804 e. The summed E-state index contributed by atoms with van der Waals surface area (Å²) >= 11 is 5.78. The fourth-order valence-electron chi connectivity index (χ4n) is 1.83. The van der Waals surface area contributed by atoms with Crippen molar-refractivity contribution in [1.29, 1.82) is 0 Å². The molecule has 3 heteroatoms. The zero-order valence-electron chi connectivity index (χ0n) is 9.71. The van der Waals surface area contributed by atoms with Gasteiger partial charge in [-0.3, -0.25) is 0 Å². The molecular weight excluding hydrogens is 379 g/mol. The highest BCUT2D eigenvalue weighted by Gasteiger charge is 2.15. The number of halogens is 2. The van der Waals surface area contributed by atoms with Crippen LogP contribution in [0.2, 0.25) is 0 Å². The number of hydrogen-bond acceptors (Lipinski definition) is 1. The van der Waals surface area contributed by atoms with Crippen LogP contribution in [0.4, 0.5) is 0 Å². The topological polar surface area (TPSA) is 20.2 Å². The Kier molecular flexibility index (Phi) is 6.29. The fraction of sp³-hybridized carbons (Fsp3) is 0.538. The van der Waals surface area contributed by atoms with Gasteiger partial charge in [0.25, 0.3) is 0 Å². The Bertz CT molecular complexity index is 337. The molecule has 1 N–H and O–H groups in total. The van der Waals surface area contributed by atoms with Crippen molar-refractivity contribution >= 4 is 38.5 Å². The zero-order chi connectivity index (χ0) is 12.1. The molecule has 0 aromatic heterocycles. The molecule has 1 rings (SSSR count). The molecule has 1 aromatic carbocycles. The number of hydrogen-bond donors (Lipinski definition) is 1. The first-order valence-electron chi connectivity index (χ1n) is 5.71. The van der Waals surface area contributed by atoms with Crippen LogP contribution in [0.15, 0.2) is 22.7 Å². The highest BCUT2D eigenvalue weighted by molar-refractivity contribution is 14.1. The van der Waals surface area contributed by atoms with Gasteiger partial charge in [-0.15, -0.1) is 0 Å². The van der Waals surface area contributed by atoms with Gasteiger partial charge in [-0.05, 0) is 58.7 Å². The van der Waals surface area contributed by atoms with E-state index in [2.05, 4.69) is 58.4 Å². The van der Waals surface area contributed by atoms with Gasteiger partial charge in [0.2, 0.25) is 0 Å². The predicted molar refractivity (Wildman–Crippen MR) is 80.5 cm³/mol. The molecule has 0 fully saturated rings.